The molecule has 1 fully saturated rings. The van der Waals surface area contributed by atoms with E-state index in [0.29, 0.717) is 34.3 Å². The van der Waals surface area contributed by atoms with Crippen molar-refractivity contribution in [2.24, 2.45) is 0 Å². The fraction of sp³-hybridized carbons (Fsp3) is 0.358. The molecule has 0 bridgehead atoms. The van der Waals surface area contributed by atoms with Crippen LogP contribution in [0.15, 0.2) is 170 Å². The van der Waals surface area contributed by atoms with E-state index in [1.165, 1.54) is 53.2 Å². The summed E-state index contributed by atoms with van der Waals surface area (Å²) < 4.78 is 116. The second-order valence-electron chi connectivity index (χ2n) is 26.2. The highest BCUT2D eigenvalue weighted by Gasteiger charge is 2.46. The van der Waals surface area contributed by atoms with Gasteiger partial charge in [-0.2, -0.15) is 0 Å². The predicted octanol–water partition coefficient (Wildman–Crippen LogP) is 20.9. The normalized spacial score (nSPS) is 13.1. The lowest BCUT2D eigenvalue weighted by Crippen LogP contribution is -2.44. The molecule has 0 atom stereocenters. The van der Waals surface area contributed by atoms with Crippen molar-refractivity contribution in [3.8, 4) is 45.6 Å². The van der Waals surface area contributed by atoms with Gasteiger partial charge in [0.05, 0.1) is 26.2 Å². The number of ether oxygens (including phenoxy) is 9. The molecule has 0 heterocycles. The van der Waals surface area contributed by atoms with E-state index in [-0.39, 0.29) is 31.0 Å². The molecule has 23 heteroatoms. The maximum Gasteiger partial charge on any atom is 0.519 e. The van der Waals surface area contributed by atoms with Crippen LogP contribution in [-0.2, 0) is 48.6 Å². The average Bonchev–Trinajstić information content (AvgIpc) is 1.52. The standard InChI is InChI=1S/C50H45FO6.C29H43FO9Si2.2CH2F2/c1-33-15-16-38(31-34(33)2)50(44-13-7-5-11-42(44)43-12-6-8-14-45(43)50)39-21-26-46(35(3)32-39)57-48(53)56-41-24-19-37(20-25-41)49(27-9-4-10-28-49)36-17-22-40(23-18-36)55-47(52)54-30-29-51;1-34-27-20-23(12-14-26(27)38-29(33)36-16-15-30)10-8-18-41(5,6)39-40(3,4)17-7-9-22-11-13-25(24(19-22)21-31)37-28(32)35-2;2*2-1-3/h5-8,11-26,31-32H,4,9-10,27-30H2,1-3H3;11-14,19-20,31H,7-10,15-18,21H2,1-6H3;2*1H2. The molecule has 0 aliphatic heterocycles. The molecule has 104 heavy (non-hydrogen) atoms. The van der Waals surface area contributed by atoms with Crippen LogP contribution in [0.3, 0.4) is 0 Å². The molecule has 0 spiro atoms. The average molecular weight is 1480 g/mol. The first-order valence-corrected chi connectivity index (χ1v) is 40.6. The Bertz CT molecular complexity index is 4060. The molecule has 2 aliphatic rings. The fourth-order valence-electron chi connectivity index (χ4n) is 13.7. The number of methoxy groups -OCH3 is 2. The summed E-state index contributed by atoms with van der Waals surface area (Å²) in [6.07, 6.45) is 5.24. The van der Waals surface area contributed by atoms with Crippen molar-refractivity contribution in [1.82, 2.24) is 0 Å². The molecule has 0 saturated heterocycles. The topological polar surface area (TPSA) is 181 Å². The van der Waals surface area contributed by atoms with Crippen LogP contribution in [0.4, 0.5) is 45.5 Å². The van der Waals surface area contributed by atoms with Crippen LogP contribution in [0.1, 0.15) is 112 Å². The summed E-state index contributed by atoms with van der Waals surface area (Å²) in [7, 11) is -1.08. The number of aryl methyl sites for hydroxylation is 5. The Morgan fingerprint density at radius 3 is 1.38 bits per heavy atom. The minimum atomic E-state index is -1.91. The second-order valence-corrected chi connectivity index (χ2v) is 35.1. The number of alkyl halides is 6. The van der Waals surface area contributed by atoms with Gasteiger partial charge in [0, 0.05) is 11.0 Å². The number of carbonyl (C=O) groups is 4. The van der Waals surface area contributed by atoms with Gasteiger partial charge in [-0.15, -0.1) is 0 Å². The van der Waals surface area contributed by atoms with Crippen molar-refractivity contribution >= 4 is 41.3 Å². The van der Waals surface area contributed by atoms with Crippen LogP contribution in [-0.4, -0.2) is 101 Å². The Hall–Kier alpha value is -9.43. The van der Waals surface area contributed by atoms with Gasteiger partial charge in [-0.25, -0.2) is 45.5 Å². The largest absolute Gasteiger partial charge is 0.519 e. The maximum absolute atomic E-state index is 13.3. The van der Waals surface area contributed by atoms with Crippen LogP contribution in [0.25, 0.3) is 11.1 Å². The van der Waals surface area contributed by atoms with E-state index in [1.807, 2.05) is 73.7 Å². The third-order valence-electron chi connectivity index (χ3n) is 18.3. The van der Waals surface area contributed by atoms with Crippen molar-refractivity contribution in [2.75, 3.05) is 54.6 Å². The number of aliphatic hydroxyl groups is 1. The zero-order valence-electron chi connectivity index (χ0n) is 60.3. The van der Waals surface area contributed by atoms with Crippen molar-refractivity contribution in [2.45, 2.75) is 134 Å². The number of carbonyl (C=O) groups excluding carboxylic acids is 4. The molecular formula is C81H92F6O15Si2. The van der Waals surface area contributed by atoms with E-state index in [0.717, 1.165) is 103 Å². The number of halogens is 6. The van der Waals surface area contributed by atoms with E-state index >= 15 is 0 Å². The Balaban J connectivity index is 0.000000284. The van der Waals surface area contributed by atoms with Crippen LogP contribution in [0, 0.1) is 20.8 Å². The molecule has 15 nitrogen and oxygen atoms in total. The number of benzene rings is 8. The highest BCUT2D eigenvalue weighted by molar-refractivity contribution is 6.84. The summed E-state index contributed by atoms with van der Waals surface area (Å²) in [5, 5.41) is 9.67. The third-order valence-corrected chi connectivity index (χ3v) is 25.9. The van der Waals surface area contributed by atoms with Gasteiger partial charge in [0.1, 0.15) is 49.6 Å². The Labute approximate surface area is 606 Å². The zero-order valence-corrected chi connectivity index (χ0v) is 62.3. The summed E-state index contributed by atoms with van der Waals surface area (Å²) >= 11 is 0. The molecule has 1 N–H and O–H groups in total. The smallest absolute Gasteiger partial charge is 0.493 e. The lowest BCUT2D eigenvalue weighted by atomic mass is 9.65. The van der Waals surface area contributed by atoms with E-state index in [4.69, 9.17) is 37.3 Å². The van der Waals surface area contributed by atoms with Crippen molar-refractivity contribution < 1.29 is 97.4 Å². The van der Waals surface area contributed by atoms with Gasteiger partial charge >= 0.3 is 24.6 Å². The first-order chi connectivity index (χ1) is 50.0. The lowest BCUT2D eigenvalue weighted by Gasteiger charge is -2.38. The first-order valence-electron chi connectivity index (χ1n) is 34.4. The maximum atomic E-state index is 13.3. The monoisotopic (exact) mass is 1470 g/mol. The minimum absolute atomic E-state index is 0.226. The Morgan fingerprint density at radius 1 is 0.452 bits per heavy atom. The lowest BCUT2D eigenvalue weighted by molar-refractivity contribution is 0.0914. The van der Waals surface area contributed by atoms with E-state index < -0.39 is 73.9 Å². The fourth-order valence-corrected chi connectivity index (χ4v) is 22.5. The van der Waals surface area contributed by atoms with Gasteiger partial charge in [0.25, 0.3) is 0 Å². The SMILES string of the molecule is COC(=O)Oc1ccc(CCC[Si](C)(C)O[Si](C)(C)CCCc2ccc(OC(=O)OCCF)c(OC)c2)cc1CO.Cc1ccc(C2(c3ccc(OC(=O)Oc4ccc(C5(c6ccc(OC(=O)OCCF)cc6)CCCCC5)cc4)c(C)c3)c3ccccc3-c3ccccc32)cc1C.FCF.FCF. The summed E-state index contributed by atoms with van der Waals surface area (Å²) in [5.74, 6) is 2.08. The third kappa shape index (κ3) is 21.8. The molecule has 8 aromatic rings. The van der Waals surface area contributed by atoms with Gasteiger partial charge in [-0.1, -0.05) is 135 Å². The zero-order chi connectivity index (χ0) is 75.5. The molecule has 10 rings (SSSR count). The van der Waals surface area contributed by atoms with Crippen LogP contribution in [0.2, 0.25) is 38.3 Å². The molecule has 0 amide bonds. The van der Waals surface area contributed by atoms with Crippen molar-refractivity contribution in [3.63, 3.8) is 0 Å². The molecule has 0 aromatic heterocycles. The minimum Gasteiger partial charge on any atom is -0.493 e. The van der Waals surface area contributed by atoms with Gasteiger partial charge in [0.2, 0.25) is 13.9 Å². The number of aliphatic hydroxyl groups excluding tert-OH is 1. The van der Waals surface area contributed by atoms with Gasteiger partial charge in [-0.05, 0) is 224 Å². The summed E-state index contributed by atoms with van der Waals surface area (Å²) in [4.78, 5) is 48.2. The van der Waals surface area contributed by atoms with E-state index in [2.05, 4.69) is 128 Å². The molecule has 8 aromatic carbocycles. The van der Waals surface area contributed by atoms with Gasteiger partial charge in [0.15, 0.2) is 28.1 Å². The van der Waals surface area contributed by atoms with Crippen molar-refractivity contribution in [3.05, 3.63) is 237 Å². The molecular weight excluding hydrogens is 1380 g/mol. The molecule has 556 valence electrons. The molecule has 1 saturated carbocycles. The summed E-state index contributed by atoms with van der Waals surface area (Å²) in [5.41, 5.74) is 14.5. The van der Waals surface area contributed by atoms with Crippen LogP contribution in [0.5, 0.6) is 34.5 Å². The van der Waals surface area contributed by atoms with E-state index in [9.17, 15) is 50.6 Å². The van der Waals surface area contributed by atoms with E-state index in [1.54, 1.807) is 24.3 Å². The predicted molar refractivity (Wildman–Crippen MR) is 392 cm³/mol. The number of rotatable bonds is 25. The van der Waals surface area contributed by atoms with Crippen LogP contribution < -0.4 is 28.4 Å². The first kappa shape index (κ1) is 81.9. The highest BCUT2D eigenvalue weighted by atomic mass is 28.4. The number of fused-ring (bicyclic) bond motifs is 3. The number of hydrogen-bond donors (Lipinski definition) is 1. The molecule has 0 radical (unpaired) electrons. The summed E-state index contributed by atoms with van der Waals surface area (Å²) in [6, 6.07) is 57.9. The Morgan fingerprint density at radius 2 is 0.894 bits per heavy atom. The van der Waals surface area contributed by atoms with Crippen LogP contribution >= 0.6 is 0 Å². The summed E-state index contributed by atoms with van der Waals surface area (Å²) in [6.45, 7) is 9.33. The van der Waals surface area contributed by atoms with Crippen molar-refractivity contribution in [1.29, 1.82) is 0 Å². The second kappa shape index (κ2) is 39.5. The quantitative estimate of drug-likeness (QED) is 0.0187. The number of hydrogen-bond acceptors (Lipinski definition) is 15. The highest BCUT2D eigenvalue weighted by Crippen LogP contribution is 2.57. The molecule has 2 aliphatic carbocycles. The molecule has 0 unspecified atom stereocenters. The Kier molecular flexibility index (Phi) is 31.1. The van der Waals surface area contributed by atoms with Gasteiger partial charge < -0.3 is 51.9 Å². The van der Waals surface area contributed by atoms with Gasteiger partial charge in [-0.3, -0.25) is 0 Å².